The van der Waals surface area contributed by atoms with Gasteiger partial charge in [0.25, 0.3) is 0 Å². The average molecular weight is 182 g/mol. The Morgan fingerprint density at radius 3 is 2.92 bits per heavy atom. The van der Waals surface area contributed by atoms with Crippen LogP contribution >= 0.6 is 0 Å². The zero-order valence-electron chi connectivity index (χ0n) is 7.79. The van der Waals surface area contributed by atoms with Crippen molar-refractivity contribution in [3.05, 3.63) is 23.7 Å². The minimum atomic E-state index is 0.538. The number of hydrogen-bond acceptors (Lipinski definition) is 3. The van der Waals surface area contributed by atoms with Crippen molar-refractivity contribution in [1.29, 1.82) is 0 Å². The molecule has 0 radical (unpaired) electrons. The van der Waals surface area contributed by atoms with Gasteiger partial charge < -0.3 is 9.73 Å². The van der Waals surface area contributed by atoms with Crippen LogP contribution in [-0.4, -0.2) is 13.0 Å². The highest BCUT2D eigenvalue weighted by molar-refractivity contribution is 5.78. The highest BCUT2D eigenvalue weighted by Gasteiger charge is 2.01. The number of aliphatic imine (C=N–C) groups is 1. The number of nitrogens with zero attached hydrogens (tertiary/aromatic N) is 1. The third-order valence-electron chi connectivity index (χ3n) is 1.74. The first-order valence-corrected chi connectivity index (χ1v) is 3.98. The summed E-state index contributed by atoms with van der Waals surface area (Å²) >= 11 is 0. The summed E-state index contributed by atoms with van der Waals surface area (Å²) in [7, 11) is 1.65. The van der Waals surface area contributed by atoms with Gasteiger partial charge in [0.1, 0.15) is 5.76 Å². The summed E-state index contributed by atoms with van der Waals surface area (Å²) in [6.45, 7) is 2.56. The Kier molecular flexibility index (Phi) is 3.33. The van der Waals surface area contributed by atoms with E-state index in [1.165, 1.54) is 0 Å². The van der Waals surface area contributed by atoms with Crippen molar-refractivity contribution in [2.45, 2.75) is 13.5 Å². The molecule has 4 N–H and O–H groups in total. The van der Waals surface area contributed by atoms with E-state index in [1.807, 2.05) is 13.0 Å². The minimum absolute atomic E-state index is 0.538. The van der Waals surface area contributed by atoms with Crippen molar-refractivity contribution < 1.29 is 4.42 Å². The molecule has 0 saturated heterocycles. The van der Waals surface area contributed by atoms with Crippen LogP contribution in [0.15, 0.2) is 21.7 Å². The molecule has 0 atom stereocenters. The van der Waals surface area contributed by atoms with E-state index in [9.17, 15) is 0 Å². The number of nitrogens with one attached hydrogen (secondary N) is 2. The van der Waals surface area contributed by atoms with Crippen LogP contribution < -0.4 is 16.6 Å². The van der Waals surface area contributed by atoms with Crippen molar-refractivity contribution in [3.63, 3.8) is 0 Å². The van der Waals surface area contributed by atoms with Gasteiger partial charge in [0.15, 0.2) is 0 Å². The number of furan rings is 1. The lowest BCUT2D eigenvalue weighted by atomic mass is 10.3. The summed E-state index contributed by atoms with van der Waals surface area (Å²) in [6.07, 6.45) is 1.66. The van der Waals surface area contributed by atoms with E-state index < -0.39 is 0 Å². The molecule has 1 rings (SSSR count). The second kappa shape index (κ2) is 4.51. The summed E-state index contributed by atoms with van der Waals surface area (Å²) in [5.41, 5.74) is 3.54. The van der Waals surface area contributed by atoms with Gasteiger partial charge in [0.2, 0.25) is 5.96 Å². The molecule has 0 aliphatic rings. The van der Waals surface area contributed by atoms with Gasteiger partial charge in [-0.2, -0.15) is 0 Å². The van der Waals surface area contributed by atoms with E-state index in [-0.39, 0.29) is 0 Å². The van der Waals surface area contributed by atoms with E-state index in [1.54, 1.807) is 13.3 Å². The average Bonchev–Trinajstić information content (AvgIpc) is 2.54. The number of guanidine groups is 1. The van der Waals surface area contributed by atoms with Crippen LogP contribution in [0, 0.1) is 6.92 Å². The minimum Gasteiger partial charge on any atom is -0.467 e. The summed E-state index contributed by atoms with van der Waals surface area (Å²) < 4.78 is 5.22. The summed E-state index contributed by atoms with van der Waals surface area (Å²) in [4.78, 5) is 3.86. The van der Waals surface area contributed by atoms with Gasteiger partial charge in [-0.25, -0.2) is 5.84 Å². The molecule has 0 unspecified atom stereocenters. The summed E-state index contributed by atoms with van der Waals surface area (Å²) in [5.74, 6) is 6.61. The molecule has 0 aromatic carbocycles. The molecule has 0 bridgehead atoms. The molecular formula is C8H14N4O. The van der Waals surface area contributed by atoms with Crippen LogP contribution in [0.3, 0.4) is 0 Å². The number of hydrazine groups is 1. The van der Waals surface area contributed by atoms with Crippen molar-refractivity contribution in [3.8, 4) is 0 Å². The normalized spacial score (nSPS) is 11.5. The van der Waals surface area contributed by atoms with E-state index in [0.29, 0.717) is 12.5 Å². The lowest BCUT2D eigenvalue weighted by molar-refractivity contribution is 0.499. The number of hydrogen-bond donors (Lipinski definition) is 3. The predicted molar refractivity (Wildman–Crippen MR) is 51.0 cm³/mol. The first-order valence-electron chi connectivity index (χ1n) is 3.98. The number of nitrogens with two attached hydrogens (primary N) is 1. The molecule has 13 heavy (non-hydrogen) atoms. The van der Waals surface area contributed by atoms with Gasteiger partial charge in [-0.15, -0.1) is 0 Å². The first-order chi connectivity index (χ1) is 6.27. The Labute approximate surface area is 77.0 Å². The summed E-state index contributed by atoms with van der Waals surface area (Å²) in [6, 6.07) is 1.91. The Hall–Kier alpha value is -1.49. The molecule has 0 spiro atoms. The number of rotatable bonds is 2. The van der Waals surface area contributed by atoms with E-state index >= 15 is 0 Å². The molecule has 72 valence electrons. The standard InChI is InChI=1S/C8H14N4O/c1-6-3-4-13-7(6)5-11-8(10-2)12-9/h3-4H,5,9H2,1-2H3,(H2,10,11,12). The van der Waals surface area contributed by atoms with Crippen LogP contribution in [0.4, 0.5) is 0 Å². The van der Waals surface area contributed by atoms with Gasteiger partial charge in [0, 0.05) is 7.05 Å². The molecule has 0 amide bonds. The number of aryl methyl sites for hydroxylation is 1. The van der Waals surface area contributed by atoms with Gasteiger partial charge in [0.05, 0.1) is 12.8 Å². The topological polar surface area (TPSA) is 75.6 Å². The molecule has 5 heteroatoms. The predicted octanol–water partition coefficient (Wildman–Crippen LogP) is 0.127. The van der Waals surface area contributed by atoms with Crippen LogP contribution in [0.1, 0.15) is 11.3 Å². The maximum atomic E-state index is 5.22. The van der Waals surface area contributed by atoms with Crippen LogP contribution in [0.5, 0.6) is 0 Å². The molecule has 0 aliphatic carbocycles. The lowest BCUT2D eigenvalue weighted by Gasteiger charge is -2.06. The second-order valence-corrected chi connectivity index (χ2v) is 2.60. The Morgan fingerprint density at radius 2 is 2.46 bits per heavy atom. The first kappa shape index (κ1) is 9.60. The van der Waals surface area contributed by atoms with Crippen molar-refractivity contribution in [2.75, 3.05) is 7.05 Å². The van der Waals surface area contributed by atoms with Gasteiger partial charge >= 0.3 is 0 Å². The molecule has 5 nitrogen and oxygen atoms in total. The molecule has 1 aromatic rings. The molecule has 1 heterocycles. The highest BCUT2D eigenvalue weighted by atomic mass is 16.3. The fourth-order valence-corrected chi connectivity index (χ4v) is 0.944. The van der Waals surface area contributed by atoms with Crippen molar-refractivity contribution in [1.82, 2.24) is 10.7 Å². The van der Waals surface area contributed by atoms with E-state index in [0.717, 1.165) is 11.3 Å². The Balaban J connectivity index is 2.48. The fraction of sp³-hybridized carbons (Fsp3) is 0.375. The summed E-state index contributed by atoms with van der Waals surface area (Å²) in [5, 5.41) is 2.98. The molecule has 0 saturated carbocycles. The third kappa shape index (κ3) is 2.48. The monoisotopic (exact) mass is 182 g/mol. The zero-order valence-corrected chi connectivity index (χ0v) is 7.79. The second-order valence-electron chi connectivity index (χ2n) is 2.60. The molecule has 1 aromatic heterocycles. The van der Waals surface area contributed by atoms with Gasteiger partial charge in [-0.05, 0) is 18.6 Å². The smallest absolute Gasteiger partial charge is 0.205 e. The maximum Gasteiger partial charge on any atom is 0.205 e. The van der Waals surface area contributed by atoms with Gasteiger partial charge in [-0.1, -0.05) is 0 Å². The van der Waals surface area contributed by atoms with Crippen molar-refractivity contribution >= 4 is 5.96 Å². The maximum absolute atomic E-state index is 5.22. The van der Waals surface area contributed by atoms with E-state index in [2.05, 4.69) is 15.7 Å². The Morgan fingerprint density at radius 1 is 1.69 bits per heavy atom. The van der Waals surface area contributed by atoms with E-state index in [4.69, 9.17) is 10.3 Å². The highest BCUT2D eigenvalue weighted by Crippen LogP contribution is 2.07. The van der Waals surface area contributed by atoms with Gasteiger partial charge in [-0.3, -0.25) is 10.4 Å². The molecule has 0 fully saturated rings. The molecule has 0 aliphatic heterocycles. The Bertz CT molecular complexity index is 292. The van der Waals surface area contributed by atoms with Crippen LogP contribution in [0.25, 0.3) is 0 Å². The van der Waals surface area contributed by atoms with Crippen LogP contribution in [-0.2, 0) is 6.54 Å². The molecular weight excluding hydrogens is 168 g/mol. The third-order valence-corrected chi connectivity index (χ3v) is 1.74. The zero-order chi connectivity index (χ0) is 9.68. The lowest BCUT2D eigenvalue weighted by Crippen LogP contribution is -2.41. The largest absolute Gasteiger partial charge is 0.467 e. The quantitative estimate of drug-likeness (QED) is 0.263. The van der Waals surface area contributed by atoms with Crippen LogP contribution in [0.2, 0.25) is 0 Å². The fourth-order valence-electron chi connectivity index (χ4n) is 0.944. The van der Waals surface area contributed by atoms with Crippen molar-refractivity contribution in [2.24, 2.45) is 10.8 Å². The SMILES string of the molecule is CN=C(NN)NCc1occc1C.